The molecule has 108 valence electrons. The SMILES string of the molecule is COC(=O)[C@H]1CCCN1C(=O)c1cnn2c1OCCC2. The van der Waals surface area contributed by atoms with Crippen LogP contribution < -0.4 is 4.74 Å². The van der Waals surface area contributed by atoms with E-state index in [9.17, 15) is 9.59 Å². The first kappa shape index (κ1) is 13.0. The van der Waals surface area contributed by atoms with E-state index in [4.69, 9.17) is 9.47 Å². The maximum absolute atomic E-state index is 12.6. The number of aryl methyl sites for hydroxylation is 1. The molecule has 1 fully saturated rings. The third-order valence-corrected chi connectivity index (χ3v) is 3.76. The maximum Gasteiger partial charge on any atom is 0.328 e. The molecule has 1 saturated heterocycles. The molecule has 1 atom stereocenters. The van der Waals surface area contributed by atoms with Gasteiger partial charge in [0.2, 0.25) is 5.88 Å². The minimum atomic E-state index is -0.494. The predicted octanol–water partition coefficient (Wildman–Crippen LogP) is 0.443. The van der Waals surface area contributed by atoms with Crippen molar-refractivity contribution in [2.45, 2.75) is 31.8 Å². The van der Waals surface area contributed by atoms with Crippen LogP contribution in [-0.2, 0) is 16.1 Å². The summed E-state index contributed by atoms with van der Waals surface area (Å²) in [6.07, 6.45) is 3.85. The first-order valence-electron chi connectivity index (χ1n) is 6.80. The third kappa shape index (κ3) is 2.03. The van der Waals surface area contributed by atoms with Crippen LogP contribution in [0, 0.1) is 0 Å². The molecule has 1 aromatic rings. The van der Waals surface area contributed by atoms with Crippen LogP contribution in [0.15, 0.2) is 6.20 Å². The average Bonchev–Trinajstić information content (AvgIpc) is 3.12. The van der Waals surface area contributed by atoms with Crippen molar-refractivity contribution in [3.8, 4) is 5.88 Å². The Balaban J connectivity index is 1.85. The number of rotatable bonds is 2. The Hall–Kier alpha value is -2.05. The zero-order valence-corrected chi connectivity index (χ0v) is 11.4. The van der Waals surface area contributed by atoms with E-state index in [-0.39, 0.29) is 11.9 Å². The fourth-order valence-electron chi connectivity index (χ4n) is 2.76. The first-order chi connectivity index (χ1) is 9.72. The fourth-order valence-corrected chi connectivity index (χ4v) is 2.76. The zero-order chi connectivity index (χ0) is 14.1. The number of methoxy groups -OCH3 is 1. The van der Waals surface area contributed by atoms with Gasteiger partial charge in [-0.3, -0.25) is 4.79 Å². The van der Waals surface area contributed by atoms with E-state index < -0.39 is 6.04 Å². The van der Waals surface area contributed by atoms with E-state index in [1.807, 2.05) is 0 Å². The molecule has 1 amide bonds. The van der Waals surface area contributed by atoms with Crippen LogP contribution in [0.25, 0.3) is 0 Å². The smallest absolute Gasteiger partial charge is 0.328 e. The number of nitrogens with zero attached hydrogens (tertiary/aromatic N) is 3. The standard InChI is InChI=1S/C13H17N3O4/c1-19-13(18)10-4-2-5-15(10)11(17)9-8-14-16-6-3-7-20-12(9)16/h8,10H,2-7H2,1H3/t10-/m1/s1. The van der Waals surface area contributed by atoms with Crippen molar-refractivity contribution in [3.63, 3.8) is 0 Å². The number of carbonyl (C=O) groups excluding carboxylic acids is 2. The zero-order valence-electron chi connectivity index (χ0n) is 11.4. The summed E-state index contributed by atoms with van der Waals surface area (Å²) in [5.41, 5.74) is 0.431. The van der Waals surface area contributed by atoms with Crippen molar-refractivity contribution in [1.29, 1.82) is 0 Å². The fraction of sp³-hybridized carbons (Fsp3) is 0.615. The van der Waals surface area contributed by atoms with Crippen molar-refractivity contribution in [3.05, 3.63) is 11.8 Å². The summed E-state index contributed by atoms with van der Waals surface area (Å²) >= 11 is 0. The number of ether oxygens (including phenoxy) is 2. The maximum atomic E-state index is 12.6. The molecule has 0 bridgehead atoms. The van der Waals surface area contributed by atoms with E-state index in [0.717, 1.165) is 19.4 Å². The Labute approximate surface area is 116 Å². The quantitative estimate of drug-likeness (QED) is 0.735. The number of hydrogen-bond donors (Lipinski definition) is 0. The number of carbonyl (C=O) groups is 2. The lowest BCUT2D eigenvalue weighted by atomic mass is 10.2. The highest BCUT2D eigenvalue weighted by molar-refractivity contribution is 5.98. The molecule has 7 heteroatoms. The Kier molecular flexibility index (Phi) is 3.33. The molecule has 0 spiro atoms. The van der Waals surface area contributed by atoms with Gasteiger partial charge in [-0.1, -0.05) is 0 Å². The second kappa shape index (κ2) is 5.15. The van der Waals surface area contributed by atoms with E-state index in [1.54, 1.807) is 9.58 Å². The highest BCUT2D eigenvalue weighted by Gasteiger charge is 2.37. The van der Waals surface area contributed by atoms with Crippen LogP contribution in [0.1, 0.15) is 29.6 Å². The van der Waals surface area contributed by atoms with Crippen molar-refractivity contribution in [2.75, 3.05) is 20.3 Å². The minimum Gasteiger partial charge on any atom is -0.477 e. The molecule has 7 nitrogen and oxygen atoms in total. The van der Waals surface area contributed by atoms with Gasteiger partial charge in [-0.05, 0) is 12.8 Å². The van der Waals surface area contributed by atoms with Crippen LogP contribution >= 0.6 is 0 Å². The second-order valence-corrected chi connectivity index (χ2v) is 4.97. The lowest BCUT2D eigenvalue weighted by Gasteiger charge is -2.23. The van der Waals surface area contributed by atoms with Crippen molar-refractivity contribution >= 4 is 11.9 Å². The van der Waals surface area contributed by atoms with E-state index in [2.05, 4.69) is 5.10 Å². The van der Waals surface area contributed by atoms with Gasteiger partial charge in [0.15, 0.2) is 0 Å². The summed E-state index contributed by atoms with van der Waals surface area (Å²) in [5, 5.41) is 4.17. The molecular formula is C13H17N3O4. The molecule has 0 unspecified atom stereocenters. The number of fused-ring (bicyclic) bond motifs is 1. The number of likely N-dealkylation sites (tertiary alicyclic amines) is 1. The van der Waals surface area contributed by atoms with Gasteiger partial charge in [0.25, 0.3) is 5.91 Å². The van der Waals surface area contributed by atoms with Crippen LogP contribution in [-0.4, -0.2) is 52.9 Å². The first-order valence-corrected chi connectivity index (χ1v) is 6.80. The summed E-state index contributed by atoms with van der Waals surface area (Å²) < 4.78 is 12.0. The topological polar surface area (TPSA) is 73.7 Å². The van der Waals surface area contributed by atoms with Gasteiger partial charge < -0.3 is 14.4 Å². The van der Waals surface area contributed by atoms with Crippen LogP contribution in [0.3, 0.4) is 0 Å². The Morgan fingerprint density at radius 2 is 2.25 bits per heavy atom. The Morgan fingerprint density at radius 3 is 3.05 bits per heavy atom. The van der Waals surface area contributed by atoms with Crippen LogP contribution in [0.5, 0.6) is 5.88 Å². The van der Waals surface area contributed by atoms with Crippen LogP contribution in [0.4, 0.5) is 0 Å². The Bertz CT molecular complexity index is 540. The predicted molar refractivity (Wildman–Crippen MR) is 68.4 cm³/mol. The van der Waals surface area contributed by atoms with Gasteiger partial charge in [-0.25, -0.2) is 9.48 Å². The molecule has 0 aliphatic carbocycles. The normalized spacial score (nSPS) is 21.2. The molecule has 20 heavy (non-hydrogen) atoms. The molecule has 0 aromatic carbocycles. The summed E-state index contributed by atoms with van der Waals surface area (Å²) in [7, 11) is 1.34. The van der Waals surface area contributed by atoms with Gasteiger partial charge in [0.1, 0.15) is 11.6 Å². The van der Waals surface area contributed by atoms with E-state index >= 15 is 0 Å². The molecule has 2 aliphatic rings. The van der Waals surface area contributed by atoms with E-state index in [0.29, 0.717) is 31.0 Å². The highest BCUT2D eigenvalue weighted by atomic mass is 16.5. The van der Waals surface area contributed by atoms with Crippen molar-refractivity contribution < 1.29 is 19.1 Å². The molecule has 3 rings (SSSR count). The molecule has 2 aliphatic heterocycles. The molecule has 0 N–H and O–H groups in total. The summed E-state index contributed by atoms with van der Waals surface area (Å²) in [4.78, 5) is 25.9. The molecule has 0 saturated carbocycles. The molecule has 3 heterocycles. The molecular weight excluding hydrogens is 262 g/mol. The van der Waals surface area contributed by atoms with Gasteiger partial charge in [0, 0.05) is 19.5 Å². The molecule has 1 aromatic heterocycles. The highest BCUT2D eigenvalue weighted by Crippen LogP contribution is 2.27. The monoisotopic (exact) mass is 279 g/mol. The summed E-state index contributed by atoms with van der Waals surface area (Å²) in [6.45, 7) is 1.90. The summed E-state index contributed by atoms with van der Waals surface area (Å²) in [6, 6.07) is -0.494. The van der Waals surface area contributed by atoms with E-state index in [1.165, 1.54) is 13.3 Å². The molecule has 0 radical (unpaired) electrons. The van der Waals surface area contributed by atoms with Gasteiger partial charge >= 0.3 is 5.97 Å². The summed E-state index contributed by atoms with van der Waals surface area (Å²) in [5.74, 6) is -0.0596. The van der Waals surface area contributed by atoms with Gasteiger partial charge in [-0.2, -0.15) is 5.10 Å². The van der Waals surface area contributed by atoms with Crippen molar-refractivity contribution in [2.24, 2.45) is 0 Å². The second-order valence-electron chi connectivity index (χ2n) is 4.97. The lowest BCUT2D eigenvalue weighted by Crippen LogP contribution is -2.41. The van der Waals surface area contributed by atoms with Crippen LogP contribution in [0.2, 0.25) is 0 Å². The lowest BCUT2D eigenvalue weighted by molar-refractivity contribution is -0.145. The number of hydrogen-bond acceptors (Lipinski definition) is 5. The van der Waals surface area contributed by atoms with Gasteiger partial charge in [-0.15, -0.1) is 0 Å². The average molecular weight is 279 g/mol. The number of amides is 1. The Morgan fingerprint density at radius 1 is 1.40 bits per heavy atom. The third-order valence-electron chi connectivity index (χ3n) is 3.76. The number of esters is 1. The van der Waals surface area contributed by atoms with Crippen molar-refractivity contribution in [1.82, 2.24) is 14.7 Å². The minimum absolute atomic E-state index is 0.207. The largest absolute Gasteiger partial charge is 0.477 e. The van der Waals surface area contributed by atoms with Gasteiger partial charge in [0.05, 0.1) is 19.9 Å². The number of aromatic nitrogens is 2.